The maximum Gasteiger partial charge on any atom is 0.331 e. The lowest BCUT2D eigenvalue weighted by molar-refractivity contribution is 0.0897. The zero-order valence-electron chi connectivity index (χ0n) is 21.2. The van der Waals surface area contributed by atoms with Gasteiger partial charge in [0.25, 0.3) is 5.56 Å². The van der Waals surface area contributed by atoms with Crippen LogP contribution in [0.2, 0.25) is 0 Å². The van der Waals surface area contributed by atoms with Gasteiger partial charge in [0.1, 0.15) is 13.2 Å². The minimum absolute atomic E-state index is 0.0509. The lowest BCUT2D eigenvalue weighted by Gasteiger charge is -2.30. The van der Waals surface area contributed by atoms with Crippen molar-refractivity contribution in [1.29, 1.82) is 0 Å². The minimum atomic E-state index is -0.849. The Bertz CT molecular complexity index is 1590. The second kappa shape index (κ2) is 10.5. The van der Waals surface area contributed by atoms with Crippen molar-refractivity contribution in [2.24, 2.45) is 0 Å². The Morgan fingerprint density at radius 2 is 1.61 bits per heavy atom. The first kappa shape index (κ1) is 24.5. The quantitative estimate of drug-likeness (QED) is 0.409. The van der Waals surface area contributed by atoms with Gasteiger partial charge in [0.2, 0.25) is 0 Å². The summed E-state index contributed by atoms with van der Waals surface area (Å²) in [4.78, 5) is 29.1. The van der Waals surface area contributed by atoms with Crippen molar-refractivity contribution in [3.05, 3.63) is 104 Å². The van der Waals surface area contributed by atoms with E-state index in [-0.39, 0.29) is 12.1 Å². The highest BCUT2D eigenvalue weighted by Gasteiger charge is 2.21. The van der Waals surface area contributed by atoms with Crippen LogP contribution in [0.1, 0.15) is 16.7 Å². The van der Waals surface area contributed by atoms with E-state index in [1.165, 1.54) is 15.7 Å². The standard InChI is InChI=1S/C30H31N3O5/c34-24(19-31-13-12-22-5-1-2-6-23(22)18-31)20-33-29(35)25-7-3-4-8-26(25)32(30(33)36)14-11-21-9-10-27-28(17-21)38-16-15-37-27/h1-10,17,24,34H,11-16,18-20H2. The molecule has 1 unspecified atom stereocenters. The number of aromatic nitrogens is 2. The molecule has 0 radical (unpaired) electrons. The molecule has 0 saturated carbocycles. The van der Waals surface area contributed by atoms with E-state index in [9.17, 15) is 14.7 Å². The van der Waals surface area contributed by atoms with Crippen LogP contribution in [0, 0.1) is 0 Å². The Morgan fingerprint density at radius 3 is 2.47 bits per heavy atom. The van der Waals surface area contributed by atoms with Crippen molar-refractivity contribution >= 4 is 10.9 Å². The highest BCUT2D eigenvalue weighted by atomic mass is 16.6. The van der Waals surface area contributed by atoms with Crippen molar-refractivity contribution in [2.45, 2.75) is 38.6 Å². The lowest BCUT2D eigenvalue weighted by Crippen LogP contribution is -2.45. The number of fused-ring (bicyclic) bond motifs is 3. The topological polar surface area (TPSA) is 85.9 Å². The molecule has 3 aromatic carbocycles. The predicted octanol–water partition coefficient (Wildman–Crippen LogP) is 2.60. The van der Waals surface area contributed by atoms with E-state index in [4.69, 9.17) is 9.47 Å². The van der Waals surface area contributed by atoms with Crippen LogP contribution in [-0.4, -0.2) is 51.5 Å². The van der Waals surface area contributed by atoms with Crippen LogP contribution in [0.25, 0.3) is 10.9 Å². The van der Waals surface area contributed by atoms with Gasteiger partial charge in [-0.15, -0.1) is 0 Å². The number of aliphatic hydroxyl groups excluding tert-OH is 1. The Balaban J connectivity index is 1.24. The molecule has 0 amide bonds. The third-order valence-corrected chi connectivity index (χ3v) is 7.43. The van der Waals surface area contributed by atoms with Crippen molar-refractivity contribution < 1.29 is 14.6 Å². The average Bonchev–Trinajstić information content (AvgIpc) is 2.95. The van der Waals surface area contributed by atoms with Gasteiger partial charge >= 0.3 is 5.69 Å². The van der Waals surface area contributed by atoms with Crippen molar-refractivity contribution in [2.75, 3.05) is 26.3 Å². The van der Waals surface area contributed by atoms with Gasteiger partial charge < -0.3 is 14.6 Å². The third-order valence-electron chi connectivity index (χ3n) is 7.43. The predicted molar refractivity (Wildman–Crippen MR) is 145 cm³/mol. The van der Waals surface area contributed by atoms with Crippen LogP contribution in [0.3, 0.4) is 0 Å². The molecule has 6 rings (SSSR count). The van der Waals surface area contributed by atoms with E-state index >= 15 is 0 Å². The number of aliphatic hydroxyl groups is 1. The zero-order valence-corrected chi connectivity index (χ0v) is 21.2. The van der Waals surface area contributed by atoms with Gasteiger partial charge in [-0.2, -0.15) is 0 Å². The van der Waals surface area contributed by atoms with Crippen LogP contribution in [0.4, 0.5) is 0 Å². The molecule has 8 nitrogen and oxygen atoms in total. The van der Waals surface area contributed by atoms with E-state index in [1.807, 2.05) is 36.4 Å². The van der Waals surface area contributed by atoms with Gasteiger partial charge in [-0.1, -0.05) is 42.5 Å². The average molecular weight is 514 g/mol. The molecular formula is C30H31N3O5. The van der Waals surface area contributed by atoms with Crippen molar-refractivity contribution in [1.82, 2.24) is 14.0 Å². The zero-order chi connectivity index (χ0) is 26.1. The first-order chi connectivity index (χ1) is 18.6. The van der Waals surface area contributed by atoms with E-state index in [0.717, 1.165) is 30.8 Å². The van der Waals surface area contributed by atoms with Gasteiger partial charge in [-0.3, -0.25) is 18.8 Å². The number of β-amino-alcohol motifs (C(OH)–C–C–N with tert-alkyl or cyclic N) is 1. The molecule has 3 heterocycles. The van der Waals surface area contributed by atoms with E-state index in [1.54, 1.807) is 22.8 Å². The molecule has 0 bridgehead atoms. The van der Waals surface area contributed by atoms with Gasteiger partial charge in [0.15, 0.2) is 11.5 Å². The molecule has 0 aliphatic carbocycles. The normalized spacial score (nSPS) is 15.8. The molecule has 1 atom stereocenters. The van der Waals surface area contributed by atoms with Crippen LogP contribution < -0.4 is 20.7 Å². The van der Waals surface area contributed by atoms with Gasteiger partial charge in [-0.25, -0.2) is 4.79 Å². The summed E-state index contributed by atoms with van der Waals surface area (Å²) >= 11 is 0. The fraction of sp³-hybridized carbons (Fsp3) is 0.333. The molecule has 196 valence electrons. The molecule has 0 saturated heterocycles. The number of benzene rings is 3. The Kier molecular flexibility index (Phi) is 6.74. The van der Waals surface area contributed by atoms with E-state index < -0.39 is 11.8 Å². The smallest absolute Gasteiger partial charge is 0.331 e. The summed E-state index contributed by atoms with van der Waals surface area (Å²) in [6.45, 7) is 3.36. The van der Waals surface area contributed by atoms with E-state index in [0.29, 0.717) is 49.4 Å². The molecule has 1 N–H and O–H groups in total. The fourth-order valence-electron chi connectivity index (χ4n) is 5.51. The first-order valence-electron chi connectivity index (χ1n) is 13.1. The summed E-state index contributed by atoms with van der Waals surface area (Å²) < 4.78 is 14.1. The Labute approximate surface area is 220 Å². The maximum atomic E-state index is 13.6. The molecule has 2 aliphatic heterocycles. The second-order valence-corrected chi connectivity index (χ2v) is 10.0. The Morgan fingerprint density at radius 1 is 0.842 bits per heavy atom. The number of ether oxygens (including phenoxy) is 2. The SMILES string of the molecule is O=c1c2ccccc2n(CCc2ccc3c(c2)OCCO3)c(=O)n1CC(O)CN1CCc2ccccc2C1. The Hall–Kier alpha value is -3.88. The second-order valence-electron chi connectivity index (χ2n) is 10.0. The summed E-state index contributed by atoms with van der Waals surface area (Å²) in [6.07, 6.45) is 0.651. The summed E-state index contributed by atoms with van der Waals surface area (Å²) in [5.41, 5.74) is 3.42. The fourth-order valence-corrected chi connectivity index (χ4v) is 5.51. The number of nitrogens with zero attached hydrogens (tertiary/aromatic N) is 3. The molecule has 1 aromatic heterocycles. The molecule has 0 spiro atoms. The van der Waals surface area contributed by atoms with Crippen LogP contribution in [-0.2, 0) is 32.5 Å². The van der Waals surface area contributed by atoms with Crippen molar-refractivity contribution in [3.63, 3.8) is 0 Å². The number of hydrogen-bond acceptors (Lipinski definition) is 6. The first-order valence-corrected chi connectivity index (χ1v) is 13.1. The summed E-state index contributed by atoms with van der Waals surface area (Å²) in [6, 6.07) is 21.3. The van der Waals surface area contributed by atoms with Crippen molar-refractivity contribution in [3.8, 4) is 11.5 Å². The van der Waals surface area contributed by atoms with Crippen LogP contribution in [0.5, 0.6) is 11.5 Å². The maximum absolute atomic E-state index is 13.6. The summed E-state index contributed by atoms with van der Waals surface area (Å²) in [7, 11) is 0. The third kappa shape index (κ3) is 4.85. The summed E-state index contributed by atoms with van der Waals surface area (Å²) in [5, 5.41) is 11.4. The van der Waals surface area contributed by atoms with Gasteiger partial charge in [-0.05, 0) is 53.8 Å². The highest BCUT2D eigenvalue weighted by molar-refractivity contribution is 5.77. The number of rotatable bonds is 7. The lowest BCUT2D eigenvalue weighted by atomic mass is 10.00. The van der Waals surface area contributed by atoms with Gasteiger partial charge in [0, 0.05) is 26.2 Å². The number of hydrogen-bond donors (Lipinski definition) is 1. The van der Waals surface area contributed by atoms with E-state index in [2.05, 4.69) is 17.0 Å². The van der Waals surface area contributed by atoms with Crippen LogP contribution >= 0.6 is 0 Å². The number of aryl methyl sites for hydroxylation is 2. The molecule has 8 heteroatoms. The molecule has 0 fully saturated rings. The van der Waals surface area contributed by atoms with Crippen LogP contribution in [0.15, 0.2) is 76.3 Å². The molecular weight excluding hydrogens is 482 g/mol. The monoisotopic (exact) mass is 513 g/mol. The highest BCUT2D eigenvalue weighted by Crippen LogP contribution is 2.31. The largest absolute Gasteiger partial charge is 0.486 e. The molecule has 4 aromatic rings. The number of para-hydroxylation sites is 1. The molecule has 2 aliphatic rings. The molecule has 38 heavy (non-hydrogen) atoms. The van der Waals surface area contributed by atoms with Gasteiger partial charge in [0.05, 0.1) is 23.6 Å². The minimum Gasteiger partial charge on any atom is -0.486 e. The summed E-state index contributed by atoms with van der Waals surface area (Å²) in [5.74, 6) is 1.43.